The van der Waals surface area contributed by atoms with Gasteiger partial charge in [0, 0.05) is 12.2 Å². The fourth-order valence-corrected chi connectivity index (χ4v) is 4.67. The number of carbonyl (C=O) groups is 2. The molecule has 0 bridgehead atoms. The molecule has 5 rings (SSSR count). The zero-order valence-electron chi connectivity index (χ0n) is 17.8. The summed E-state index contributed by atoms with van der Waals surface area (Å²) in [5, 5.41) is 0. The Morgan fingerprint density at radius 2 is 1.52 bits per heavy atom. The fraction of sp³-hybridized carbons (Fsp3) is 0.185. The molecule has 31 heavy (non-hydrogen) atoms. The van der Waals surface area contributed by atoms with E-state index in [4.69, 9.17) is 0 Å². The largest absolute Gasteiger partial charge is 0.336 e. The summed E-state index contributed by atoms with van der Waals surface area (Å²) in [5.74, 6) is -0.520. The minimum absolute atomic E-state index is 0.257. The monoisotopic (exact) mass is 408 g/mol. The van der Waals surface area contributed by atoms with Crippen molar-refractivity contribution in [2.45, 2.75) is 26.7 Å². The third-order valence-electron chi connectivity index (χ3n) is 6.10. The van der Waals surface area contributed by atoms with Crippen LogP contribution in [0.15, 0.2) is 78.5 Å². The predicted octanol–water partition coefficient (Wildman–Crippen LogP) is 5.04. The van der Waals surface area contributed by atoms with Gasteiger partial charge in [0.25, 0.3) is 11.8 Å². The zero-order chi connectivity index (χ0) is 21.5. The number of fused-ring (bicyclic) bond motifs is 1. The fourth-order valence-electron chi connectivity index (χ4n) is 4.67. The molecule has 0 fully saturated rings. The Bertz CT molecular complexity index is 1230. The number of carbonyl (C=O) groups excluding carboxylic acids is 2. The van der Waals surface area contributed by atoms with Crippen LogP contribution < -0.4 is 9.80 Å². The maximum atomic E-state index is 13.9. The molecule has 0 radical (unpaired) electrons. The third-order valence-corrected chi connectivity index (χ3v) is 6.10. The van der Waals surface area contributed by atoms with Gasteiger partial charge in [-0.05, 0) is 55.5 Å². The number of nitrogens with zero attached hydrogens (tertiary/aromatic N) is 2. The first-order valence-electron chi connectivity index (χ1n) is 10.7. The topological polar surface area (TPSA) is 40.6 Å². The molecule has 0 N–H and O–H groups in total. The van der Waals surface area contributed by atoms with Gasteiger partial charge < -0.3 is 4.90 Å². The van der Waals surface area contributed by atoms with E-state index >= 15 is 0 Å². The number of hydrogen-bond acceptors (Lipinski definition) is 3. The van der Waals surface area contributed by atoms with Gasteiger partial charge in [-0.25, -0.2) is 4.90 Å². The van der Waals surface area contributed by atoms with Gasteiger partial charge in [0.05, 0.1) is 11.3 Å². The molecule has 2 aliphatic heterocycles. The summed E-state index contributed by atoms with van der Waals surface area (Å²) >= 11 is 0. The van der Waals surface area contributed by atoms with E-state index in [1.807, 2.05) is 85.5 Å². The summed E-state index contributed by atoms with van der Waals surface area (Å²) in [7, 11) is 0. The Balaban J connectivity index is 1.70. The molecule has 3 aromatic carbocycles. The van der Waals surface area contributed by atoms with Crippen LogP contribution in [-0.2, 0) is 16.0 Å². The first-order chi connectivity index (χ1) is 15.1. The zero-order valence-corrected chi connectivity index (χ0v) is 17.8. The summed E-state index contributed by atoms with van der Waals surface area (Å²) in [4.78, 5) is 31.0. The van der Waals surface area contributed by atoms with E-state index in [1.54, 1.807) is 0 Å². The van der Waals surface area contributed by atoms with Gasteiger partial charge in [-0.1, -0.05) is 66.2 Å². The average molecular weight is 409 g/mol. The van der Waals surface area contributed by atoms with Gasteiger partial charge in [-0.2, -0.15) is 0 Å². The van der Waals surface area contributed by atoms with E-state index in [2.05, 4.69) is 6.07 Å². The van der Waals surface area contributed by atoms with Crippen molar-refractivity contribution in [3.05, 3.63) is 101 Å². The number of anilines is 2. The van der Waals surface area contributed by atoms with E-state index < -0.39 is 0 Å². The van der Waals surface area contributed by atoms with E-state index in [9.17, 15) is 9.59 Å². The second-order valence-electron chi connectivity index (χ2n) is 8.21. The van der Waals surface area contributed by atoms with E-state index in [0.29, 0.717) is 23.5 Å². The number of benzene rings is 3. The van der Waals surface area contributed by atoms with Crippen molar-refractivity contribution in [1.82, 2.24) is 0 Å². The lowest BCUT2D eigenvalue weighted by atomic mass is 9.98. The molecule has 2 heterocycles. The van der Waals surface area contributed by atoms with Crippen LogP contribution in [0.3, 0.4) is 0 Å². The number of imide groups is 1. The van der Waals surface area contributed by atoms with Gasteiger partial charge >= 0.3 is 0 Å². The molecule has 3 aromatic rings. The molecular formula is C27H24N2O2. The molecule has 154 valence electrons. The summed E-state index contributed by atoms with van der Waals surface area (Å²) < 4.78 is 0. The van der Waals surface area contributed by atoms with Crippen LogP contribution in [0.4, 0.5) is 11.4 Å². The number of aryl methyl sites for hydroxylation is 3. The summed E-state index contributed by atoms with van der Waals surface area (Å²) in [6.07, 6.45) is 1.91. The lowest BCUT2D eigenvalue weighted by Crippen LogP contribution is -2.37. The van der Waals surface area contributed by atoms with Crippen LogP contribution in [0, 0.1) is 13.8 Å². The summed E-state index contributed by atoms with van der Waals surface area (Å²) in [6.45, 7) is 4.66. The second kappa shape index (κ2) is 7.55. The first kappa shape index (κ1) is 19.3. The third kappa shape index (κ3) is 3.15. The number of hydrogen-bond donors (Lipinski definition) is 0. The number of amides is 2. The van der Waals surface area contributed by atoms with Crippen LogP contribution >= 0.6 is 0 Å². The molecule has 0 atom stereocenters. The summed E-state index contributed by atoms with van der Waals surface area (Å²) in [5.41, 5.74) is 6.60. The second-order valence-corrected chi connectivity index (χ2v) is 8.21. The number of para-hydroxylation sites is 1. The molecule has 2 aliphatic rings. The van der Waals surface area contributed by atoms with Crippen LogP contribution in [0.5, 0.6) is 0 Å². The molecule has 0 spiro atoms. The van der Waals surface area contributed by atoms with Crippen molar-refractivity contribution < 1.29 is 9.59 Å². The Morgan fingerprint density at radius 1 is 0.774 bits per heavy atom. The van der Waals surface area contributed by atoms with E-state index in [-0.39, 0.29) is 11.8 Å². The Kier molecular flexibility index (Phi) is 4.70. The minimum Gasteiger partial charge on any atom is -0.336 e. The van der Waals surface area contributed by atoms with Crippen molar-refractivity contribution in [2.75, 3.05) is 16.3 Å². The highest BCUT2D eigenvalue weighted by Gasteiger charge is 2.43. The normalized spacial score (nSPS) is 16.2. The molecule has 2 amide bonds. The van der Waals surface area contributed by atoms with E-state index in [1.165, 1.54) is 10.5 Å². The molecule has 0 unspecified atom stereocenters. The van der Waals surface area contributed by atoms with E-state index in [0.717, 1.165) is 35.2 Å². The van der Waals surface area contributed by atoms with Crippen LogP contribution in [0.2, 0.25) is 0 Å². The minimum atomic E-state index is -0.263. The van der Waals surface area contributed by atoms with Crippen LogP contribution in [0.1, 0.15) is 28.7 Å². The van der Waals surface area contributed by atoms with Crippen molar-refractivity contribution in [2.24, 2.45) is 0 Å². The number of rotatable bonds is 3. The van der Waals surface area contributed by atoms with Gasteiger partial charge in [-0.3, -0.25) is 9.59 Å². The Labute approximate surface area is 182 Å². The predicted molar refractivity (Wildman–Crippen MR) is 124 cm³/mol. The van der Waals surface area contributed by atoms with Crippen molar-refractivity contribution in [3.8, 4) is 0 Å². The maximum absolute atomic E-state index is 13.9. The first-order valence-corrected chi connectivity index (χ1v) is 10.7. The van der Waals surface area contributed by atoms with Crippen LogP contribution in [-0.4, -0.2) is 18.4 Å². The lowest BCUT2D eigenvalue weighted by Gasteiger charge is -2.32. The van der Waals surface area contributed by atoms with Crippen molar-refractivity contribution in [1.29, 1.82) is 0 Å². The van der Waals surface area contributed by atoms with Gasteiger partial charge in [0.2, 0.25) is 0 Å². The van der Waals surface area contributed by atoms with Gasteiger partial charge in [0.1, 0.15) is 5.70 Å². The molecule has 0 saturated carbocycles. The highest BCUT2D eigenvalue weighted by Crippen LogP contribution is 2.40. The highest BCUT2D eigenvalue weighted by atomic mass is 16.2. The molecule has 0 aromatic heterocycles. The van der Waals surface area contributed by atoms with Gasteiger partial charge in [-0.15, -0.1) is 0 Å². The molecule has 4 heteroatoms. The smallest absolute Gasteiger partial charge is 0.282 e. The quantitative estimate of drug-likeness (QED) is 0.570. The summed E-state index contributed by atoms with van der Waals surface area (Å²) in [6, 6.07) is 23.5. The standard InChI is InChI=1S/C27H24N2O2/c1-18-14-15-22(19(2)17-18)29-26(30)24(21-10-4-3-5-11-21)25(27(29)31)28-16-8-12-20-9-6-7-13-23(20)28/h3-7,9-11,13-15,17H,8,12,16H2,1-2H3. The average Bonchev–Trinajstić information content (AvgIpc) is 3.04. The molecule has 0 saturated heterocycles. The highest BCUT2D eigenvalue weighted by molar-refractivity contribution is 6.46. The molecule has 4 nitrogen and oxygen atoms in total. The Hall–Kier alpha value is -3.66. The maximum Gasteiger partial charge on any atom is 0.282 e. The van der Waals surface area contributed by atoms with Crippen LogP contribution in [0.25, 0.3) is 5.57 Å². The molecule has 0 aliphatic carbocycles. The molecular weight excluding hydrogens is 384 g/mol. The SMILES string of the molecule is Cc1ccc(N2C(=O)C(c3ccccc3)=C(N3CCCc4ccccc43)C2=O)c(C)c1. The Morgan fingerprint density at radius 3 is 2.29 bits per heavy atom. The lowest BCUT2D eigenvalue weighted by molar-refractivity contribution is -0.120. The van der Waals surface area contributed by atoms with Gasteiger partial charge in [0.15, 0.2) is 0 Å². The van der Waals surface area contributed by atoms with Crippen molar-refractivity contribution >= 4 is 28.8 Å². The van der Waals surface area contributed by atoms with Crippen molar-refractivity contribution in [3.63, 3.8) is 0 Å².